The molecule has 0 fully saturated rings. The number of carbonyl (C=O) groups excluding carboxylic acids is 1. The molecule has 22 heavy (non-hydrogen) atoms. The quantitative estimate of drug-likeness (QED) is 0.809. The van der Waals surface area contributed by atoms with Gasteiger partial charge in [0.1, 0.15) is 17.9 Å². The van der Waals surface area contributed by atoms with Gasteiger partial charge in [-0.15, -0.1) is 0 Å². The summed E-state index contributed by atoms with van der Waals surface area (Å²) in [6, 6.07) is 15.4. The molecule has 114 valence electrons. The average Bonchev–Trinajstić information content (AvgIpc) is 2.60. The molecule has 0 aromatic heterocycles. The topological polar surface area (TPSA) is 44.8 Å². The second kappa shape index (κ2) is 5.72. The van der Waals surface area contributed by atoms with Gasteiger partial charge in [0.05, 0.1) is 6.61 Å². The van der Waals surface area contributed by atoms with E-state index in [1.807, 2.05) is 48.5 Å². The molecule has 0 saturated heterocycles. The van der Waals surface area contributed by atoms with Crippen molar-refractivity contribution in [2.45, 2.75) is 26.1 Å². The Morgan fingerprint density at radius 3 is 2.00 bits per heavy atom. The van der Waals surface area contributed by atoms with Gasteiger partial charge < -0.3 is 14.2 Å². The standard InChI is InChI=1S/C18H18O4/c1-3-20-17(19)12-18(2)21-15-10-6-4-8-13(15)14-9-5-7-11-16(14)22-18/h4-11H,3,12H2,1-2H3. The van der Waals surface area contributed by atoms with Crippen LogP contribution in [0, 0.1) is 0 Å². The van der Waals surface area contributed by atoms with Crippen LogP contribution in [0.4, 0.5) is 0 Å². The van der Waals surface area contributed by atoms with Crippen LogP contribution in [0.5, 0.6) is 11.5 Å². The number of ether oxygens (including phenoxy) is 3. The molecule has 0 unspecified atom stereocenters. The minimum atomic E-state index is -1.10. The number of fused-ring (bicyclic) bond motifs is 3. The van der Waals surface area contributed by atoms with Crippen molar-refractivity contribution >= 4 is 5.97 Å². The summed E-state index contributed by atoms with van der Waals surface area (Å²) in [7, 11) is 0. The van der Waals surface area contributed by atoms with Gasteiger partial charge in [-0.25, -0.2) is 0 Å². The van der Waals surface area contributed by atoms with E-state index in [0.717, 1.165) is 11.1 Å². The first kappa shape index (κ1) is 14.4. The molecule has 1 aliphatic rings. The minimum Gasteiger partial charge on any atom is -0.466 e. The van der Waals surface area contributed by atoms with Crippen LogP contribution in [0.25, 0.3) is 11.1 Å². The smallest absolute Gasteiger partial charge is 0.313 e. The summed E-state index contributed by atoms with van der Waals surface area (Å²) in [5.74, 6) is -0.0602. The maximum absolute atomic E-state index is 11.9. The first-order valence-electron chi connectivity index (χ1n) is 7.33. The van der Waals surface area contributed by atoms with Crippen molar-refractivity contribution < 1.29 is 19.0 Å². The Morgan fingerprint density at radius 1 is 1.00 bits per heavy atom. The van der Waals surface area contributed by atoms with Gasteiger partial charge in [-0.2, -0.15) is 0 Å². The molecular weight excluding hydrogens is 280 g/mol. The highest BCUT2D eigenvalue weighted by atomic mass is 16.7. The molecule has 0 bridgehead atoms. The molecule has 4 heteroatoms. The first-order valence-corrected chi connectivity index (χ1v) is 7.33. The molecule has 0 amide bonds. The van der Waals surface area contributed by atoms with Crippen molar-refractivity contribution in [3.8, 4) is 22.6 Å². The molecule has 2 aromatic rings. The molecule has 0 N–H and O–H groups in total. The minimum absolute atomic E-state index is 0.0174. The Hall–Kier alpha value is -2.49. The Morgan fingerprint density at radius 2 is 1.50 bits per heavy atom. The van der Waals surface area contributed by atoms with E-state index in [-0.39, 0.29) is 12.4 Å². The predicted molar refractivity (Wildman–Crippen MR) is 82.8 cm³/mol. The second-order valence-corrected chi connectivity index (χ2v) is 5.31. The number of para-hydroxylation sites is 2. The van der Waals surface area contributed by atoms with E-state index < -0.39 is 5.79 Å². The van der Waals surface area contributed by atoms with E-state index in [4.69, 9.17) is 14.2 Å². The summed E-state index contributed by atoms with van der Waals surface area (Å²) in [5, 5.41) is 0. The third-order valence-corrected chi connectivity index (χ3v) is 3.49. The number of esters is 1. The van der Waals surface area contributed by atoms with Crippen molar-refractivity contribution in [3.63, 3.8) is 0 Å². The van der Waals surface area contributed by atoms with Gasteiger partial charge in [0, 0.05) is 18.1 Å². The van der Waals surface area contributed by atoms with Crippen LogP contribution in [0.2, 0.25) is 0 Å². The van der Waals surface area contributed by atoms with Gasteiger partial charge in [0.2, 0.25) is 0 Å². The van der Waals surface area contributed by atoms with Gasteiger partial charge in [-0.3, -0.25) is 4.79 Å². The summed E-state index contributed by atoms with van der Waals surface area (Å²) in [4.78, 5) is 11.9. The van der Waals surface area contributed by atoms with Crippen molar-refractivity contribution in [3.05, 3.63) is 48.5 Å². The van der Waals surface area contributed by atoms with Crippen LogP contribution < -0.4 is 9.47 Å². The van der Waals surface area contributed by atoms with Crippen LogP contribution in [-0.4, -0.2) is 18.4 Å². The van der Waals surface area contributed by atoms with Crippen molar-refractivity contribution in [1.29, 1.82) is 0 Å². The lowest BCUT2D eigenvalue weighted by Gasteiger charge is -2.29. The SMILES string of the molecule is CCOC(=O)CC1(C)Oc2ccccc2-c2ccccc2O1. The maximum Gasteiger partial charge on any atom is 0.313 e. The van der Waals surface area contributed by atoms with Gasteiger partial charge in [-0.1, -0.05) is 36.4 Å². The van der Waals surface area contributed by atoms with Crippen molar-refractivity contribution in [2.24, 2.45) is 0 Å². The van der Waals surface area contributed by atoms with Gasteiger partial charge in [0.25, 0.3) is 5.79 Å². The molecule has 0 aliphatic carbocycles. The van der Waals surface area contributed by atoms with E-state index in [1.54, 1.807) is 13.8 Å². The van der Waals surface area contributed by atoms with Gasteiger partial charge >= 0.3 is 5.97 Å². The molecule has 3 rings (SSSR count). The normalized spacial score (nSPS) is 14.6. The van der Waals surface area contributed by atoms with Crippen LogP contribution in [-0.2, 0) is 9.53 Å². The third-order valence-electron chi connectivity index (χ3n) is 3.49. The largest absolute Gasteiger partial charge is 0.466 e. The summed E-state index contributed by atoms with van der Waals surface area (Å²) in [6.07, 6.45) is 0.0174. The van der Waals surface area contributed by atoms with E-state index in [2.05, 4.69) is 0 Å². The highest BCUT2D eigenvalue weighted by molar-refractivity contribution is 5.77. The molecule has 0 atom stereocenters. The first-order chi connectivity index (χ1) is 10.6. The number of rotatable bonds is 3. The lowest BCUT2D eigenvalue weighted by molar-refractivity contribution is -0.160. The van der Waals surface area contributed by atoms with Crippen LogP contribution in [0.3, 0.4) is 0 Å². The lowest BCUT2D eigenvalue weighted by atomic mass is 10.0. The predicted octanol–water partition coefficient (Wildman–Crippen LogP) is 3.79. The Balaban J connectivity index is 2.03. The summed E-state index contributed by atoms with van der Waals surface area (Å²) >= 11 is 0. The zero-order valence-corrected chi connectivity index (χ0v) is 12.7. The Labute approximate surface area is 129 Å². The fourth-order valence-electron chi connectivity index (χ4n) is 2.59. The third kappa shape index (κ3) is 2.77. The molecule has 4 nitrogen and oxygen atoms in total. The van der Waals surface area contributed by atoms with Gasteiger partial charge in [0.15, 0.2) is 0 Å². The second-order valence-electron chi connectivity index (χ2n) is 5.31. The van der Waals surface area contributed by atoms with Gasteiger partial charge in [-0.05, 0) is 19.1 Å². The van der Waals surface area contributed by atoms with E-state index in [1.165, 1.54) is 0 Å². The highest BCUT2D eigenvalue weighted by Crippen LogP contribution is 2.42. The lowest BCUT2D eigenvalue weighted by Crippen LogP contribution is -2.41. The van der Waals surface area contributed by atoms with Crippen LogP contribution >= 0.6 is 0 Å². The number of hydrogen-bond acceptors (Lipinski definition) is 4. The molecule has 1 heterocycles. The average molecular weight is 298 g/mol. The Bertz CT molecular complexity index is 645. The van der Waals surface area contributed by atoms with Crippen LogP contribution in [0.1, 0.15) is 20.3 Å². The molecule has 0 radical (unpaired) electrons. The highest BCUT2D eigenvalue weighted by Gasteiger charge is 2.36. The van der Waals surface area contributed by atoms with Crippen molar-refractivity contribution in [1.82, 2.24) is 0 Å². The van der Waals surface area contributed by atoms with E-state index >= 15 is 0 Å². The summed E-state index contributed by atoms with van der Waals surface area (Å²) in [5.41, 5.74) is 1.90. The van der Waals surface area contributed by atoms with Crippen molar-refractivity contribution in [2.75, 3.05) is 6.61 Å². The summed E-state index contributed by atoms with van der Waals surface area (Å²) < 4.78 is 17.1. The molecule has 2 aromatic carbocycles. The van der Waals surface area contributed by atoms with E-state index in [0.29, 0.717) is 18.1 Å². The molecule has 0 saturated carbocycles. The fraction of sp³-hybridized carbons (Fsp3) is 0.278. The molecule has 1 aliphatic heterocycles. The zero-order chi connectivity index (χ0) is 15.6. The van der Waals surface area contributed by atoms with Crippen LogP contribution in [0.15, 0.2) is 48.5 Å². The monoisotopic (exact) mass is 298 g/mol. The number of carbonyl (C=O) groups is 1. The number of benzene rings is 2. The van der Waals surface area contributed by atoms with E-state index in [9.17, 15) is 4.79 Å². The molecule has 0 spiro atoms. The number of hydrogen-bond donors (Lipinski definition) is 0. The zero-order valence-electron chi connectivity index (χ0n) is 12.7. The fourth-order valence-corrected chi connectivity index (χ4v) is 2.59. The molecular formula is C18H18O4. The Kier molecular flexibility index (Phi) is 3.75. The summed E-state index contributed by atoms with van der Waals surface area (Å²) in [6.45, 7) is 3.87. The maximum atomic E-state index is 11.9.